The molecule has 0 bridgehead atoms. The van der Waals surface area contributed by atoms with Crippen LogP contribution in [-0.2, 0) is 0 Å². The van der Waals surface area contributed by atoms with Gasteiger partial charge in [0, 0.05) is 16.3 Å². The molecule has 0 amide bonds. The van der Waals surface area contributed by atoms with Crippen molar-refractivity contribution >= 4 is 34.0 Å². The lowest BCUT2D eigenvalue weighted by Crippen LogP contribution is -1.80. The maximum absolute atomic E-state index is 4.74. The van der Waals surface area contributed by atoms with Crippen LogP contribution in [0.4, 0.5) is 0 Å². The first-order valence-electron chi connectivity index (χ1n) is 6.82. The molecule has 0 aliphatic heterocycles. The third kappa shape index (κ3) is 2.63. The second-order valence-electron chi connectivity index (χ2n) is 4.92. The molecule has 3 aromatic heterocycles. The normalized spacial score (nSPS) is 11.0. The van der Waals surface area contributed by atoms with Gasteiger partial charge in [0.15, 0.2) is 10.0 Å². The van der Waals surface area contributed by atoms with Crippen LogP contribution in [0.3, 0.4) is 0 Å². The zero-order valence-corrected chi connectivity index (χ0v) is 14.3. The van der Waals surface area contributed by atoms with Crippen LogP contribution in [0.1, 0.15) is 5.56 Å². The zero-order valence-electron chi connectivity index (χ0n) is 11.8. The van der Waals surface area contributed by atoms with Crippen LogP contribution >= 0.6 is 34.0 Å². The Morgan fingerprint density at radius 3 is 2.14 bits per heavy atom. The summed E-state index contributed by atoms with van der Waals surface area (Å²) < 4.78 is 0. The lowest BCUT2D eigenvalue weighted by atomic mass is 10.1. The minimum atomic E-state index is 0.989. The fraction of sp³-hybridized carbons (Fsp3) is 0.0588. The number of benzene rings is 1. The SMILES string of the molecule is Cc1ccc(-c2csc(-c3nc(-c4cccs4)cs3)n2)cc1. The summed E-state index contributed by atoms with van der Waals surface area (Å²) in [6, 6.07) is 12.6. The number of aryl methyl sites for hydroxylation is 1. The van der Waals surface area contributed by atoms with Gasteiger partial charge in [-0.1, -0.05) is 35.9 Å². The van der Waals surface area contributed by atoms with E-state index in [9.17, 15) is 0 Å². The van der Waals surface area contributed by atoms with E-state index in [1.807, 2.05) is 0 Å². The zero-order chi connectivity index (χ0) is 14.9. The third-order valence-electron chi connectivity index (χ3n) is 3.31. The molecule has 0 saturated heterocycles. The maximum Gasteiger partial charge on any atom is 0.152 e. The molecule has 108 valence electrons. The highest BCUT2D eigenvalue weighted by Crippen LogP contribution is 2.34. The number of aromatic nitrogens is 2. The minimum Gasteiger partial charge on any atom is -0.233 e. The fourth-order valence-corrected chi connectivity index (χ4v) is 4.60. The Hall–Kier alpha value is -1.82. The number of hydrogen-bond acceptors (Lipinski definition) is 5. The van der Waals surface area contributed by atoms with E-state index < -0.39 is 0 Å². The Morgan fingerprint density at radius 1 is 0.773 bits per heavy atom. The van der Waals surface area contributed by atoms with Crippen LogP contribution < -0.4 is 0 Å². The quantitative estimate of drug-likeness (QED) is 0.459. The maximum atomic E-state index is 4.74. The van der Waals surface area contributed by atoms with Crippen LogP contribution in [0.2, 0.25) is 0 Å². The molecule has 0 radical (unpaired) electrons. The first kappa shape index (κ1) is 13.8. The summed E-state index contributed by atoms with van der Waals surface area (Å²) in [5.41, 5.74) is 4.48. The van der Waals surface area contributed by atoms with Crippen LogP contribution in [0.5, 0.6) is 0 Å². The van der Waals surface area contributed by atoms with Crippen molar-refractivity contribution < 1.29 is 0 Å². The van der Waals surface area contributed by atoms with Gasteiger partial charge in [-0.25, -0.2) is 9.97 Å². The Kier molecular flexibility index (Phi) is 3.62. The molecule has 0 fully saturated rings. The molecule has 4 aromatic rings. The number of nitrogens with zero attached hydrogens (tertiary/aromatic N) is 2. The van der Waals surface area contributed by atoms with Gasteiger partial charge in [-0.05, 0) is 18.4 Å². The molecule has 0 atom stereocenters. The Morgan fingerprint density at radius 2 is 1.45 bits per heavy atom. The molecule has 0 saturated carbocycles. The van der Waals surface area contributed by atoms with Crippen molar-refractivity contribution in [1.82, 2.24) is 9.97 Å². The summed E-state index contributed by atoms with van der Waals surface area (Å²) >= 11 is 5.02. The van der Waals surface area contributed by atoms with E-state index in [1.54, 1.807) is 34.0 Å². The molecule has 0 spiro atoms. The van der Waals surface area contributed by atoms with Crippen LogP contribution in [0.15, 0.2) is 52.5 Å². The summed E-state index contributed by atoms with van der Waals surface area (Å²) in [6.45, 7) is 2.10. The van der Waals surface area contributed by atoms with Crippen molar-refractivity contribution in [2.24, 2.45) is 0 Å². The van der Waals surface area contributed by atoms with E-state index in [4.69, 9.17) is 9.97 Å². The summed E-state index contributed by atoms with van der Waals surface area (Å²) in [5, 5.41) is 8.27. The first-order valence-corrected chi connectivity index (χ1v) is 9.46. The number of hydrogen-bond donors (Lipinski definition) is 0. The second-order valence-corrected chi connectivity index (χ2v) is 7.58. The van der Waals surface area contributed by atoms with Gasteiger partial charge >= 0.3 is 0 Å². The van der Waals surface area contributed by atoms with E-state index in [2.05, 4.69) is 59.5 Å². The molecule has 0 aliphatic carbocycles. The van der Waals surface area contributed by atoms with Crippen molar-refractivity contribution in [1.29, 1.82) is 0 Å². The molecule has 0 unspecified atom stereocenters. The molecule has 1 aromatic carbocycles. The van der Waals surface area contributed by atoms with Crippen molar-refractivity contribution in [3.05, 3.63) is 58.1 Å². The van der Waals surface area contributed by atoms with Gasteiger partial charge in [0.05, 0.1) is 16.3 Å². The van der Waals surface area contributed by atoms with Crippen molar-refractivity contribution in [2.75, 3.05) is 0 Å². The molecule has 4 rings (SSSR count). The molecule has 5 heteroatoms. The average Bonchev–Trinajstić information content (AvgIpc) is 3.27. The molecule has 2 nitrogen and oxygen atoms in total. The van der Waals surface area contributed by atoms with Gasteiger partial charge < -0.3 is 0 Å². The average molecular weight is 340 g/mol. The lowest BCUT2D eigenvalue weighted by Gasteiger charge is -1.96. The molecular formula is C17H12N2S3. The Bertz CT molecular complexity index is 886. The Labute approximate surface area is 140 Å². The van der Waals surface area contributed by atoms with Crippen molar-refractivity contribution in [3.63, 3.8) is 0 Å². The van der Waals surface area contributed by atoms with Crippen LogP contribution in [-0.4, -0.2) is 9.97 Å². The van der Waals surface area contributed by atoms with E-state index >= 15 is 0 Å². The van der Waals surface area contributed by atoms with Gasteiger partial charge in [-0.3, -0.25) is 0 Å². The summed E-state index contributed by atoms with van der Waals surface area (Å²) in [4.78, 5) is 10.7. The van der Waals surface area contributed by atoms with Gasteiger partial charge in [-0.2, -0.15) is 0 Å². The lowest BCUT2D eigenvalue weighted by molar-refractivity contribution is 1.35. The molecule has 3 heterocycles. The second kappa shape index (κ2) is 5.76. The van der Waals surface area contributed by atoms with Crippen molar-refractivity contribution in [2.45, 2.75) is 6.92 Å². The van der Waals surface area contributed by atoms with Gasteiger partial charge in [0.2, 0.25) is 0 Å². The van der Waals surface area contributed by atoms with E-state index in [0.717, 1.165) is 27.0 Å². The van der Waals surface area contributed by atoms with Crippen LogP contribution in [0, 0.1) is 6.92 Å². The number of rotatable bonds is 3. The predicted octanol–water partition coefficient (Wildman–Crippen LogP) is 5.97. The van der Waals surface area contributed by atoms with E-state index in [-0.39, 0.29) is 0 Å². The topological polar surface area (TPSA) is 25.8 Å². The molecule has 0 N–H and O–H groups in total. The molecular weight excluding hydrogens is 328 g/mol. The summed E-state index contributed by atoms with van der Waals surface area (Å²) in [6.07, 6.45) is 0. The van der Waals surface area contributed by atoms with Gasteiger partial charge in [0.1, 0.15) is 0 Å². The van der Waals surface area contributed by atoms with Gasteiger partial charge in [-0.15, -0.1) is 34.0 Å². The third-order valence-corrected chi connectivity index (χ3v) is 6.03. The van der Waals surface area contributed by atoms with E-state index in [1.165, 1.54) is 10.4 Å². The number of thiophene rings is 1. The predicted molar refractivity (Wildman–Crippen MR) is 96.7 cm³/mol. The number of thiazole rings is 2. The summed E-state index contributed by atoms with van der Waals surface area (Å²) in [7, 11) is 0. The molecule has 0 aliphatic rings. The van der Waals surface area contributed by atoms with Gasteiger partial charge in [0.25, 0.3) is 0 Å². The van der Waals surface area contributed by atoms with Crippen LogP contribution in [0.25, 0.3) is 31.8 Å². The summed E-state index contributed by atoms with van der Waals surface area (Å²) in [5.74, 6) is 0. The van der Waals surface area contributed by atoms with Crippen molar-refractivity contribution in [3.8, 4) is 31.8 Å². The largest absolute Gasteiger partial charge is 0.233 e. The Balaban J connectivity index is 1.65. The first-order chi connectivity index (χ1) is 10.8. The van der Waals surface area contributed by atoms with E-state index in [0.29, 0.717) is 0 Å². The molecule has 22 heavy (non-hydrogen) atoms. The minimum absolute atomic E-state index is 0.989. The standard InChI is InChI=1S/C17H12N2S3/c1-11-4-6-12(7-5-11)13-9-21-16(18-13)17-19-14(10-22-17)15-3-2-8-20-15/h2-10H,1H3. The fourth-order valence-electron chi connectivity index (χ4n) is 2.14. The smallest absolute Gasteiger partial charge is 0.152 e. The monoisotopic (exact) mass is 340 g/mol. The highest BCUT2D eigenvalue weighted by molar-refractivity contribution is 7.20. The highest BCUT2D eigenvalue weighted by atomic mass is 32.1. The highest BCUT2D eigenvalue weighted by Gasteiger charge is 2.11.